The number of hydrogen-bond acceptors (Lipinski definition) is 4. The van der Waals surface area contributed by atoms with Crippen LogP contribution in [0.3, 0.4) is 0 Å². The van der Waals surface area contributed by atoms with Gasteiger partial charge >= 0.3 is 18.4 Å². The molecule has 1 fully saturated rings. The summed E-state index contributed by atoms with van der Waals surface area (Å²) in [5, 5.41) is 0. The van der Waals surface area contributed by atoms with E-state index in [1.165, 1.54) is 0 Å². The molecule has 0 radical (unpaired) electrons. The van der Waals surface area contributed by atoms with E-state index in [2.05, 4.69) is 0 Å². The third kappa shape index (κ3) is 4.21. The fraction of sp³-hybridized carbons (Fsp3) is 0.409. The standard InChI is InChI=1S/C22H25O5/c1-15-19(23-13-17-9-5-3-6-10-17)20(21-22(25-15)27-16(2)26-21)24-14-18-11-7-4-8-12-18/h3-12,15,19-22H,13-14H2,1-2H3/q+1/t15?,19-,20-,21?,22+/m0/s1. The summed E-state index contributed by atoms with van der Waals surface area (Å²) in [5.41, 5.74) is 2.22. The first-order chi connectivity index (χ1) is 13.2. The molecule has 5 atom stereocenters. The fourth-order valence-electron chi connectivity index (χ4n) is 3.53. The summed E-state index contributed by atoms with van der Waals surface area (Å²) >= 11 is 0. The summed E-state index contributed by atoms with van der Waals surface area (Å²) in [7, 11) is 0. The Morgan fingerprint density at radius 1 is 0.852 bits per heavy atom. The van der Waals surface area contributed by atoms with Gasteiger partial charge in [-0.05, 0) is 18.1 Å². The number of hydrogen-bond donors (Lipinski definition) is 0. The predicted molar refractivity (Wildman–Crippen MR) is 99.9 cm³/mol. The Morgan fingerprint density at radius 2 is 1.41 bits per heavy atom. The van der Waals surface area contributed by atoms with Gasteiger partial charge in [0.2, 0.25) is 0 Å². The molecule has 0 amide bonds. The Bertz CT molecular complexity index is 761. The van der Waals surface area contributed by atoms with Gasteiger partial charge in [-0.3, -0.25) is 4.42 Å². The van der Waals surface area contributed by atoms with Crippen LogP contribution >= 0.6 is 0 Å². The third-order valence-electron chi connectivity index (χ3n) is 4.88. The zero-order chi connectivity index (χ0) is 18.6. The van der Waals surface area contributed by atoms with E-state index in [4.69, 9.17) is 23.4 Å². The third-order valence-corrected chi connectivity index (χ3v) is 4.88. The lowest BCUT2D eigenvalue weighted by Crippen LogP contribution is -2.57. The van der Waals surface area contributed by atoms with Crippen molar-refractivity contribution >= 4 is 5.97 Å². The van der Waals surface area contributed by atoms with Gasteiger partial charge in [-0.1, -0.05) is 60.7 Å². The molecule has 1 saturated heterocycles. The molecule has 142 valence electrons. The highest BCUT2D eigenvalue weighted by atomic mass is 16.8. The van der Waals surface area contributed by atoms with Crippen molar-refractivity contribution in [1.29, 1.82) is 0 Å². The van der Waals surface area contributed by atoms with Gasteiger partial charge in [0, 0.05) is 0 Å². The molecule has 2 aliphatic rings. The first kappa shape index (κ1) is 18.2. The number of carbonyl (C=O) groups excluding carboxylic acids is 1. The van der Waals surface area contributed by atoms with Crippen LogP contribution in [0.25, 0.3) is 0 Å². The first-order valence-corrected chi connectivity index (χ1v) is 9.34. The second kappa shape index (κ2) is 8.21. The van der Waals surface area contributed by atoms with Crippen LogP contribution in [0.2, 0.25) is 0 Å². The Kier molecular flexibility index (Phi) is 5.53. The summed E-state index contributed by atoms with van der Waals surface area (Å²) in [6.45, 7) is 4.75. The molecule has 0 saturated carbocycles. The van der Waals surface area contributed by atoms with Gasteiger partial charge in [0.15, 0.2) is 6.10 Å². The average Bonchev–Trinajstić information content (AvgIpc) is 3.06. The van der Waals surface area contributed by atoms with Crippen molar-refractivity contribution in [2.75, 3.05) is 0 Å². The second-order valence-corrected chi connectivity index (χ2v) is 6.92. The molecule has 2 heterocycles. The van der Waals surface area contributed by atoms with Crippen molar-refractivity contribution < 1.29 is 23.4 Å². The maximum atomic E-state index is 6.28. The molecular formula is C22H25O5+. The molecular weight excluding hydrogens is 344 g/mol. The lowest BCUT2D eigenvalue weighted by atomic mass is 9.99. The summed E-state index contributed by atoms with van der Waals surface area (Å²) in [6, 6.07) is 20.2. The van der Waals surface area contributed by atoms with E-state index in [1.54, 1.807) is 6.92 Å². The summed E-state index contributed by atoms with van der Waals surface area (Å²) in [4.78, 5) is 0. The SMILES string of the molecule is CC1=[O+][C@H]2OC(C)[C@H](OCc3ccccc3)[C@H](OCc3ccccc3)C2O1. The van der Waals surface area contributed by atoms with Crippen LogP contribution in [0.5, 0.6) is 0 Å². The Hall–Kier alpha value is -2.21. The Labute approximate surface area is 159 Å². The number of rotatable bonds is 6. The Morgan fingerprint density at radius 3 is 2.00 bits per heavy atom. The molecule has 27 heavy (non-hydrogen) atoms. The largest absolute Gasteiger partial charge is 0.484 e. The van der Waals surface area contributed by atoms with Crippen molar-refractivity contribution in [3.05, 3.63) is 71.8 Å². The van der Waals surface area contributed by atoms with Crippen LogP contribution < -0.4 is 0 Å². The van der Waals surface area contributed by atoms with E-state index >= 15 is 0 Å². The van der Waals surface area contributed by atoms with Crippen molar-refractivity contribution in [3.8, 4) is 0 Å². The fourth-order valence-corrected chi connectivity index (χ4v) is 3.53. The van der Waals surface area contributed by atoms with E-state index in [9.17, 15) is 0 Å². The molecule has 0 bridgehead atoms. The van der Waals surface area contributed by atoms with E-state index in [1.807, 2.05) is 67.6 Å². The molecule has 2 aromatic rings. The molecule has 0 spiro atoms. The van der Waals surface area contributed by atoms with Crippen LogP contribution in [0.4, 0.5) is 0 Å². The summed E-state index contributed by atoms with van der Waals surface area (Å²) in [6.07, 6.45) is -1.53. The minimum absolute atomic E-state index is 0.176. The zero-order valence-corrected chi connectivity index (χ0v) is 15.6. The topological polar surface area (TPSA) is 48.2 Å². The van der Waals surface area contributed by atoms with E-state index in [0.29, 0.717) is 19.2 Å². The van der Waals surface area contributed by atoms with Crippen molar-refractivity contribution in [2.45, 2.75) is 57.8 Å². The Balaban J connectivity index is 1.49. The van der Waals surface area contributed by atoms with Crippen molar-refractivity contribution in [1.82, 2.24) is 0 Å². The maximum Gasteiger partial charge on any atom is 0.484 e. The van der Waals surface area contributed by atoms with Crippen molar-refractivity contribution in [2.24, 2.45) is 0 Å². The predicted octanol–water partition coefficient (Wildman–Crippen LogP) is 3.38. The molecule has 0 aliphatic carbocycles. The average molecular weight is 369 g/mol. The smallest absolute Gasteiger partial charge is 0.368 e. The molecule has 5 nitrogen and oxygen atoms in total. The van der Waals surface area contributed by atoms with Crippen LogP contribution in [0.1, 0.15) is 25.0 Å². The van der Waals surface area contributed by atoms with Gasteiger partial charge in [0.1, 0.15) is 6.10 Å². The van der Waals surface area contributed by atoms with Gasteiger partial charge < -0.3 is 18.9 Å². The highest BCUT2D eigenvalue weighted by molar-refractivity contribution is 5.67. The molecule has 0 aromatic heterocycles. The highest BCUT2D eigenvalue weighted by Gasteiger charge is 2.58. The van der Waals surface area contributed by atoms with Crippen molar-refractivity contribution in [3.63, 3.8) is 0 Å². The number of fused-ring (bicyclic) bond motifs is 1. The lowest BCUT2D eigenvalue weighted by Gasteiger charge is -2.37. The van der Waals surface area contributed by atoms with E-state index in [-0.39, 0.29) is 24.4 Å². The minimum Gasteiger partial charge on any atom is -0.368 e. The van der Waals surface area contributed by atoms with E-state index < -0.39 is 6.29 Å². The van der Waals surface area contributed by atoms with Crippen LogP contribution in [-0.4, -0.2) is 36.7 Å². The first-order valence-electron chi connectivity index (χ1n) is 9.34. The number of esters is 1. The number of ether oxygens (including phenoxy) is 4. The van der Waals surface area contributed by atoms with Crippen LogP contribution in [0.15, 0.2) is 60.7 Å². The summed E-state index contributed by atoms with van der Waals surface area (Å²) in [5.74, 6) is 0.509. The van der Waals surface area contributed by atoms with Crippen LogP contribution in [-0.2, 0) is 36.6 Å². The van der Waals surface area contributed by atoms with Crippen LogP contribution in [0, 0.1) is 0 Å². The van der Waals surface area contributed by atoms with Gasteiger partial charge in [0.25, 0.3) is 0 Å². The zero-order valence-electron chi connectivity index (χ0n) is 15.6. The van der Waals surface area contributed by atoms with Gasteiger partial charge in [-0.15, -0.1) is 0 Å². The van der Waals surface area contributed by atoms with Gasteiger partial charge in [-0.2, -0.15) is 0 Å². The maximum absolute atomic E-state index is 6.28. The lowest BCUT2D eigenvalue weighted by molar-refractivity contribution is -0.570. The second-order valence-electron chi connectivity index (χ2n) is 6.92. The summed E-state index contributed by atoms with van der Waals surface area (Å²) < 4.78 is 30.0. The molecule has 4 rings (SSSR count). The van der Waals surface area contributed by atoms with Gasteiger partial charge in [0.05, 0.1) is 26.2 Å². The normalized spacial score (nSPS) is 29.7. The number of benzene rings is 2. The van der Waals surface area contributed by atoms with E-state index in [0.717, 1.165) is 11.1 Å². The quantitative estimate of drug-likeness (QED) is 0.579. The molecule has 2 unspecified atom stereocenters. The molecule has 2 aliphatic heterocycles. The van der Waals surface area contributed by atoms with Gasteiger partial charge in [-0.25, -0.2) is 0 Å². The molecule has 2 aromatic carbocycles. The molecule has 5 heteroatoms. The minimum atomic E-state index is -0.461. The molecule has 0 N–H and O–H groups in total. The highest BCUT2D eigenvalue weighted by Crippen LogP contribution is 2.31. The monoisotopic (exact) mass is 369 g/mol.